The number of rotatable bonds is 3. The molecule has 172 valence electrons. The summed E-state index contributed by atoms with van der Waals surface area (Å²) in [5.74, 6) is 0.308. The third kappa shape index (κ3) is 4.09. The molecule has 0 radical (unpaired) electrons. The molecule has 0 saturated carbocycles. The van der Waals surface area contributed by atoms with Gasteiger partial charge in [-0.1, -0.05) is 34.8 Å². The van der Waals surface area contributed by atoms with Gasteiger partial charge in [0.25, 0.3) is 5.91 Å². The molecule has 1 fully saturated rings. The Morgan fingerprint density at radius 3 is 2.48 bits per heavy atom. The van der Waals surface area contributed by atoms with Crippen LogP contribution in [0.5, 0.6) is 5.75 Å². The molecule has 0 unspecified atom stereocenters. The molecule has 5 rings (SSSR count). The monoisotopic (exact) mass is 506 g/mol. The van der Waals surface area contributed by atoms with Gasteiger partial charge in [0.05, 0.1) is 35.2 Å². The van der Waals surface area contributed by atoms with Crippen LogP contribution in [0.25, 0.3) is 16.9 Å². The first-order valence-electron chi connectivity index (χ1n) is 10.5. The van der Waals surface area contributed by atoms with E-state index in [1.54, 1.807) is 35.0 Å². The Bertz CT molecular complexity index is 1250. The number of morpholine rings is 1. The molecule has 1 N–H and O–H groups in total. The second kappa shape index (κ2) is 8.49. The zero-order valence-corrected chi connectivity index (χ0v) is 20.3. The molecule has 10 heteroatoms. The standard InChI is InChI=1S/C23H21Cl3N4O3/c1-23(2)19-20(22(31)28-29-7-9-32-10-8-29)27-30(17-5-3-14(25)12-16(17)26)21(19)15-11-13(24)4-6-18(15)33-23/h3-6,11-12H,7-10H2,1-2H3,(H,28,31). The highest BCUT2D eigenvalue weighted by molar-refractivity contribution is 6.35. The largest absolute Gasteiger partial charge is 0.482 e. The topological polar surface area (TPSA) is 68.6 Å². The minimum Gasteiger partial charge on any atom is -0.482 e. The van der Waals surface area contributed by atoms with Gasteiger partial charge in [0.15, 0.2) is 5.69 Å². The second-order valence-corrected chi connectivity index (χ2v) is 9.65. The van der Waals surface area contributed by atoms with Crippen LogP contribution in [-0.2, 0) is 10.3 Å². The highest BCUT2D eigenvalue weighted by atomic mass is 35.5. The van der Waals surface area contributed by atoms with E-state index in [4.69, 9.17) is 49.4 Å². The van der Waals surface area contributed by atoms with Crippen LogP contribution in [0.15, 0.2) is 36.4 Å². The number of halogens is 3. The fourth-order valence-electron chi connectivity index (χ4n) is 4.20. The molecule has 33 heavy (non-hydrogen) atoms. The van der Waals surface area contributed by atoms with E-state index in [2.05, 4.69) is 5.43 Å². The molecule has 1 aromatic heterocycles. The predicted octanol–water partition coefficient (Wildman–Crippen LogP) is 5.10. The molecular weight excluding hydrogens is 487 g/mol. The second-order valence-electron chi connectivity index (χ2n) is 8.37. The third-order valence-corrected chi connectivity index (χ3v) is 6.45. The van der Waals surface area contributed by atoms with Crippen LogP contribution < -0.4 is 10.2 Å². The van der Waals surface area contributed by atoms with Gasteiger partial charge in [0.1, 0.15) is 11.4 Å². The molecule has 2 aliphatic heterocycles. The van der Waals surface area contributed by atoms with Crippen molar-refractivity contribution in [2.45, 2.75) is 19.4 Å². The van der Waals surface area contributed by atoms with E-state index in [1.807, 2.05) is 24.9 Å². The molecule has 3 aromatic rings. The van der Waals surface area contributed by atoms with Crippen LogP contribution in [0.2, 0.25) is 15.1 Å². The summed E-state index contributed by atoms with van der Waals surface area (Å²) in [5, 5.41) is 8.01. The number of amides is 1. The number of benzene rings is 2. The van der Waals surface area contributed by atoms with Crippen molar-refractivity contribution < 1.29 is 14.3 Å². The average molecular weight is 508 g/mol. The molecule has 3 heterocycles. The SMILES string of the molecule is CC1(C)Oc2ccc(Cl)cc2-c2c1c(C(=O)NN1CCOCC1)nn2-c1ccc(Cl)cc1Cl. The lowest BCUT2D eigenvalue weighted by Crippen LogP contribution is -2.49. The number of nitrogens with zero attached hydrogens (tertiary/aromatic N) is 3. The molecule has 0 bridgehead atoms. The zero-order valence-electron chi connectivity index (χ0n) is 18.0. The van der Waals surface area contributed by atoms with Gasteiger partial charge in [0, 0.05) is 28.7 Å². The molecule has 1 saturated heterocycles. The summed E-state index contributed by atoms with van der Waals surface area (Å²) in [5.41, 5.74) is 5.01. The van der Waals surface area contributed by atoms with Crippen molar-refractivity contribution in [3.05, 3.63) is 62.7 Å². The number of aromatic nitrogens is 2. The number of carbonyl (C=O) groups is 1. The Hall–Kier alpha value is -2.29. The molecular formula is C23H21Cl3N4O3. The summed E-state index contributed by atoms with van der Waals surface area (Å²) < 4.78 is 13.3. The van der Waals surface area contributed by atoms with E-state index in [0.717, 1.165) is 5.56 Å². The fourth-order valence-corrected chi connectivity index (χ4v) is 4.86. The maximum Gasteiger partial charge on any atom is 0.286 e. The Morgan fingerprint density at radius 2 is 1.76 bits per heavy atom. The molecule has 0 spiro atoms. The van der Waals surface area contributed by atoms with Gasteiger partial charge in [-0.3, -0.25) is 10.2 Å². The quantitative estimate of drug-likeness (QED) is 0.534. The maximum absolute atomic E-state index is 13.4. The van der Waals surface area contributed by atoms with Gasteiger partial charge < -0.3 is 9.47 Å². The fraction of sp³-hybridized carbons (Fsp3) is 0.304. The van der Waals surface area contributed by atoms with Crippen molar-refractivity contribution in [3.63, 3.8) is 0 Å². The lowest BCUT2D eigenvalue weighted by Gasteiger charge is -2.34. The van der Waals surface area contributed by atoms with Gasteiger partial charge in [-0.05, 0) is 50.2 Å². The predicted molar refractivity (Wildman–Crippen MR) is 128 cm³/mol. The number of fused-ring (bicyclic) bond motifs is 3. The lowest BCUT2D eigenvalue weighted by molar-refractivity contribution is 0.0122. The molecule has 0 aliphatic carbocycles. The number of nitrogens with one attached hydrogen (secondary N) is 1. The van der Waals surface area contributed by atoms with Crippen LogP contribution in [0, 0.1) is 0 Å². The van der Waals surface area contributed by atoms with Gasteiger partial charge in [-0.15, -0.1) is 0 Å². The zero-order chi connectivity index (χ0) is 23.3. The first kappa shape index (κ1) is 22.5. The third-order valence-electron chi connectivity index (χ3n) is 5.67. The molecule has 2 aliphatic rings. The summed E-state index contributed by atoms with van der Waals surface area (Å²) in [4.78, 5) is 13.4. The van der Waals surface area contributed by atoms with E-state index < -0.39 is 5.60 Å². The van der Waals surface area contributed by atoms with Crippen LogP contribution >= 0.6 is 34.8 Å². The first-order valence-corrected chi connectivity index (χ1v) is 11.6. The van der Waals surface area contributed by atoms with E-state index in [0.29, 0.717) is 64.1 Å². The highest BCUT2D eigenvalue weighted by Gasteiger charge is 2.41. The van der Waals surface area contributed by atoms with E-state index in [9.17, 15) is 4.79 Å². The van der Waals surface area contributed by atoms with Crippen molar-refractivity contribution in [2.24, 2.45) is 0 Å². The molecule has 2 aromatic carbocycles. The molecule has 0 atom stereocenters. The van der Waals surface area contributed by atoms with Crippen molar-refractivity contribution in [1.82, 2.24) is 20.2 Å². The van der Waals surface area contributed by atoms with Crippen LogP contribution in [0.3, 0.4) is 0 Å². The highest BCUT2D eigenvalue weighted by Crippen LogP contribution is 2.48. The Morgan fingerprint density at radius 1 is 1.06 bits per heavy atom. The smallest absolute Gasteiger partial charge is 0.286 e. The maximum atomic E-state index is 13.4. The van der Waals surface area contributed by atoms with E-state index >= 15 is 0 Å². The minimum atomic E-state index is -0.842. The van der Waals surface area contributed by atoms with Gasteiger partial charge in [-0.25, -0.2) is 9.69 Å². The molecule has 7 nitrogen and oxygen atoms in total. The van der Waals surface area contributed by atoms with Crippen molar-refractivity contribution >= 4 is 40.7 Å². The van der Waals surface area contributed by atoms with Crippen molar-refractivity contribution in [2.75, 3.05) is 26.3 Å². The van der Waals surface area contributed by atoms with E-state index in [-0.39, 0.29) is 11.6 Å². The van der Waals surface area contributed by atoms with Gasteiger partial charge >= 0.3 is 0 Å². The number of ether oxygens (including phenoxy) is 2. The lowest BCUT2D eigenvalue weighted by atomic mass is 9.89. The Balaban J connectivity index is 1.73. The summed E-state index contributed by atoms with van der Waals surface area (Å²) in [6.45, 7) is 6.10. The summed E-state index contributed by atoms with van der Waals surface area (Å²) >= 11 is 19.0. The van der Waals surface area contributed by atoms with Gasteiger partial charge in [0.2, 0.25) is 0 Å². The van der Waals surface area contributed by atoms with E-state index in [1.165, 1.54) is 0 Å². The Labute approximate surface area is 206 Å². The normalized spacial score (nSPS) is 17.1. The van der Waals surface area contributed by atoms with Crippen LogP contribution in [0.1, 0.15) is 29.9 Å². The van der Waals surface area contributed by atoms with Crippen molar-refractivity contribution in [3.8, 4) is 22.7 Å². The Kier molecular flexibility index (Phi) is 5.79. The first-order chi connectivity index (χ1) is 15.7. The number of hydrogen-bond acceptors (Lipinski definition) is 5. The van der Waals surface area contributed by atoms with Crippen molar-refractivity contribution in [1.29, 1.82) is 0 Å². The molecule has 1 amide bonds. The summed E-state index contributed by atoms with van der Waals surface area (Å²) in [6, 6.07) is 10.5. The summed E-state index contributed by atoms with van der Waals surface area (Å²) in [7, 11) is 0. The van der Waals surface area contributed by atoms with Crippen LogP contribution in [0.4, 0.5) is 0 Å². The number of hydrazine groups is 1. The summed E-state index contributed by atoms with van der Waals surface area (Å²) in [6.07, 6.45) is 0. The number of hydrogen-bond donors (Lipinski definition) is 1. The number of carbonyl (C=O) groups excluding carboxylic acids is 1. The minimum absolute atomic E-state index is 0.248. The average Bonchev–Trinajstić information content (AvgIpc) is 3.17. The van der Waals surface area contributed by atoms with Gasteiger partial charge in [-0.2, -0.15) is 5.10 Å². The van der Waals surface area contributed by atoms with Crippen LogP contribution in [-0.4, -0.2) is 47.0 Å².